The number of H-pyrrole nitrogens is 1. The number of urea groups is 1. The van der Waals surface area contributed by atoms with E-state index in [1.54, 1.807) is 6.07 Å². The van der Waals surface area contributed by atoms with Crippen molar-refractivity contribution in [3.05, 3.63) is 16.3 Å². The average molecular weight is 431 g/mol. The van der Waals surface area contributed by atoms with E-state index in [0.29, 0.717) is 49.6 Å². The number of aromatic nitrogens is 2. The lowest BCUT2D eigenvalue weighted by Gasteiger charge is -2.36. The van der Waals surface area contributed by atoms with E-state index in [4.69, 9.17) is 15.2 Å². The molecule has 10 heteroatoms. The van der Waals surface area contributed by atoms with Crippen LogP contribution in [0.2, 0.25) is 0 Å². The highest BCUT2D eigenvalue weighted by Crippen LogP contribution is 2.33. The first-order valence-electron chi connectivity index (χ1n) is 10.8. The van der Waals surface area contributed by atoms with E-state index in [2.05, 4.69) is 15.3 Å². The number of nitrogen functional groups attached to an aromatic ring is 1. The molecule has 0 bridgehead atoms. The van der Waals surface area contributed by atoms with Crippen LogP contribution in [0.5, 0.6) is 11.5 Å². The Balaban J connectivity index is 1.48. The fourth-order valence-corrected chi connectivity index (χ4v) is 4.42. The SMILES string of the molecule is COc1cc2[nH]c(N3CCN(C(=O)NC4CCCCC4)CC3)nc(N)c-2c(=O)c1OC. The molecule has 0 aromatic heterocycles. The lowest BCUT2D eigenvalue weighted by molar-refractivity contribution is 0.186. The van der Waals surface area contributed by atoms with Gasteiger partial charge in [0.25, 0.3) is 0 Å². The highest BCUT2D eigenvalue weighted by Gasteiger charge is 2.27. The van der Waals surface area contributed by atoms with Crippen LogP contribution in [0.4, 0.5) is 16.6 Å². The molecule has 2 fully saturated rings. The number of amides is 2. The van der Waals surface area contributed by atoms with Crippen molar-refractivity contribution in [1.29, 1.82) is 0 Å². The van der Waals surface area contributed by atoms with Gasteiger partial charge in [-0.3, -0.25) is 4.79 Å². The van der Waals surface area contributed by atoms with Crippen molar-refractivity contribution >= 4 is 17.8 Å². The Hall–Kier alpha value is -3.17. The third kappa shape index (κ3) is 4.19. The number of piperazine rings is 1. The first-order chi connectivity index (χ1) is 15.0. The van der Waals surface area contributed by atoms with Crippen LogP contribution in [0.3, 0.4) is 0 Å². The van der Waals surface area contributed by atoms with E-state index < -0.39 is 0 Å². The number of hydrogen-bond donors (Lipinski definition) is 3. The molecule has 10 nitrogen and oxygen atoms in total. The summed E-state index contributed by atoms with van der Waals surface area (Å²) in [6.45, 7) is 2.41. The van der Waals surface area contributed by atoms with Gasteiger partial charge in [0.15, 0.2) is 5.75 Å². The molecule has 168 valence electrons. The fraction of sp³-hybridized carbons (Fsp3) is 0.571. The predicted octanol–water partition coefficient (Wildman–Crippen LogP) is 1.64. The third-order valence-corrected chi connectivity index (χ3v) is 6.15. The molecule has 2 heterocycles. The standard InChI is InChI=1S/C21H30N6O4/c1-30-15-12-14-16(17(28)18(15)31-2)19(22)25-20(24-14)26-8-10-27(11-9-26)21(29)23-13-6-4-3-5-7-13/h12-13H,3-11,22H2,1-2H3,(H,23,29)(H,24,25). The van der Waals surface area contributed by atoms with E-state index >= 15 is 0 Å². The van der Waals surface area contributed by atoms with E-state index in [1.807, 2.05) is 9.80 Å². The maximum Gasteiger partial charge on any atom is 0.317 e. The smallest absolute Gasteiger partial charge is 0.317 e. The number of fused-ring (bicyclic) bond motifs is 1. The first-order valence-corrected chi connectivity index (χ1v) is 10.8. The van der Waals surface area contributed by atoms with Crippen molar-refractivity contribution < 1.29 is 14.3 Å². The van der Waals surface area contributed by atoms with Gasteiger partial charge in [-0.2, -0.15) is 4.98 Å². The number of rotatable bonds is 4. The summed E-state index contributed by atoms with van der Waals surface area (Å²) in [6, 6.07) is 1.99. The summed E-state index contributed by atoms with van der Waals surface area (Å²) in [5.74, 6) is 1.12. The van der Waals surface area contributed by atoms with Crippen LogP contribution in [-0.4, -0.2) is 67.3 Å². The number of methoxy groups -OCH3 is 2. The molecule has 4 N–H and O–H groups in total. The van der Waals surface area contributed by atoms with Gasteiger partial charge >= 0.3 is 6.03 Å². The van der Waals surface area contributed by atoms with Gasteiger partial charge in [0, 0.05) is 38.3 Å². The Morgan fingerprint density at radius 2 is 1.87 bits per heavy atom. The molecule has 0 aromatic rings. The fourth-order valence-electron chi connectivity index (χ4n) is 4.42. The molecule has 0 spiro atoms. The van der Waals surface area contributed by atoms with Gasteiger partial charge < -0.3 is 35.3 Å². The van der Waals surface area contributed by atoms with Gasteiger partial charge in [0.1, 0.15) is 5.82 Å². The van der Waals surface area contributed by atoms with Crippen LogP contribution in [0.15, 0.2) is 10.9 Å². The topological polar surface area (TPSA) is 126 Å². The van der Waals surface area contributed by atoms with E-state index in [1.165, 1.54) is 33.5 Å². The minimum Gasteiger partial charge on any atom is -0.493 e. The van der Waals surface area contributed by atoms with Crippen LogP contribution in [0.25, 0.3) is 11.3 Å². The third-order valence-electron chi connectivity index (χ3n) is 6.15. The van der Waals surface area contributed by atoms with Crippen LogP contribution in [0, 0.1) is 0 Å². The van der Waals surface area contributed by atoms with Crippen LogP contribution < -0.4 is 30.9 Å². The molecule has 0 radical (unpaired) electrons. The Kier molecular flexibility index (Phi) is 6.06. The van der Waals surface area contributed by atoms with Gasteiger partial charge in [-0.1, -0.05) is 19.3 Å². The zero-order valence-corrected chi connectivity index (χ0v) is 18.1. The van der Waals surface area contributed by atoms with Crippen molar-refractivity contribution in [3.8, 4) is 22.8 Å². The normalized spacial score (nSPS) is 17.6. The number of nitrogens with two attached hydrogens (primary N) is 1. The summed E-state index contributed by atoms with van der Waals surface area (Å²) in [6.07, 6.45) is 5.76. The van der Waals surface area contributed by atoms with Gasteiger partial charge in [-0.25, -0.2) is 4.79 Å². The zero-order chi connectivity index (χ0) is 22.0. The number of nitrogens with one attached hydrogen (secondary N) is 2. The molecule has 4 aliphatic rings. The van der Waals surface area contributed by atoms with Crippen molar-refractivity contribution in [2.24, 2.45) is 0 Å². The van der Waals surface area contributed by atoms with Crippen molar-refractivity contribution in [3.63, 3.8) is 0 Å². The molecule has 1 saturated carbocycles. The Morgan fingerprint density at radius 3 is 2.52 bits per heavy atom. The number of anilines is 2. The molecule has 1 saturated heterocycles. The summed E-state index contributed by atoms with van der Waals surface area (Å²) >= 11 is 0. The molecular weight excluding hydrogens is 400 g/mol. The van der Waals surface area contributed by atoms with Gasteiger partial charge in [0.05, 0.1) is 25.5 Å². The molecule has 4 rings (SSSR count). The maximum absolute atomic E-state index is 12.7. The number of nitrogens with zero attached hydrogens (tertiary/aromatic N) is 3. The second-order valence-electron chi connectivity index (χ2n) is 8.07. The highest BCUT2D eigenvalue weighted by molar-refractivity contribution is 5.78. The highest BCUT2D eigenvalue weighted by atomic mass is 16.5. The number of aromatic amines is 1. The minimum absolute atomic E-state index is 0.00865. The lowest BCUT2D eigenvalue weighted by atomic mass is 9.96. The zero-order valence-electron chi connectivity index (χ0n) is 18.1. The molecule has 0 unspecified atom stereocenters. The first kappa shape index (κ1) is 21.1. The molecule has 0 aromatic carbocycles. The average Bonchev–Trinajstić information content (AvgIpc) is 2.79. The summed E-state index contributed by atoms with van der Waals surface area (Å²) in [7, 11) is 2.89. The quantitative estimate of drug-likeness (QED) is 0.673. The van der Waals surface area contributed by atoms with Crippen molar-refractivity contribution in [1.82, 2.24) is 20.2 Å². The number of carbonyl (C=O) groups excluding carboxylic acids is 1. The molecular formula is C21H30N6O4. The molecule has 0 atom stereocenters. The predicted molar refractivity (Wildman–Crippen MR) is 118 cm³/mol. The molecule has 2 aliphatic heterocycles. The van der Waals surface area contributed by atoms with Crippen molar-refractivity contribution in [2.75, 3.05) is 51.0 Å². The van der Waals surface area contributed by atoms with Gasteiger partial charge in [0.2, 0.25) is 17.1 Å². The van der Waals surface area contributed by atoms with Crippen LogP contribution in [-0.2, 0) is 0 Å². The Morgan fingerprint density at radius 1 is 1.16 bits per heavy atom. The Bertz CT molecular complexity index is 963. The van der Waals surface area contributed by atoms with Crippen molar-refractivity contribution in [2.45, 2.75) is 38.1 Å². The molecule has 31 heavy (non-hydrogen) atoms. The lowest BCUT2D eigenvalue weighted by Crippen LogP contribution is -2.54. The number of ether oxygens (including phenoxy) is 2. The number of carbonyl (C=O) groups is 1. The number of hydrogen-bond acceptors (Lipinski definition) is 7. The largest absolute Gasteiger partial charge is 0.493 e. The summed E-state index contributed by atoms with van der Waals surface area (Å²) in [4.78, 5) is 36.8. The summed E-state index contributed by atoms with van der Waals surface area (Å²) in [5.41, 5.74) is 6.56. The van der Waals surface area contributed by atoms with E-state index in [0.717, 1.165) is 12.8 Å². The van der Waals surface area contributed by atoms with E-state index in [9.17, 15) is 9.59 Å². The minimum atomic E-state index is -0.367. The Labute approximate surface area is 181 Å². The van der Waals surface area contributed by atoms with Gasteiger partial charge in [-0.05, 0) is 12.8 Å². The molecule has 2 amide bonds. The summed E-state index contributed by atoms with van der Waals surface area (Å²) < 4.78 is 10.5. The van der Waals surface area contributed by atoms with Crippen LogP contribution in [0.1, 0.15) is 32.1 Å². The monoisotopic (exact) mass is 430 g/mol. The number of benzene rings is 1. The van der Waals surface area contributed by atoms with Crippen LogP contribution >= 0.6 is 0 Å². The molecule has 2 aliphatic carbocycles. The van der Waals surface area contributed by atoms with Gasteiger partial charge in [-0.15, -0.1) is 0 Å². The maximum atomic E-state index is 12.7. The summed E-state index contributed by atoms with van der Waals surface area (Å²) in [5, 5.41) is 3.17. The second kappa shape index (κ2) is 8.91. The second-order valence-corrected chi connectivity index (χ2v) is 8.07. The van der Waals surface area contributed by atoms with E-state index in [-0.39, 0.29) is 28.6 Å².